The van der Waals surface area contributed by atoms with Gasteiger partial charge in [0, 0.05) is 12.6 Å². The molecule has 0 saturated heterocycles. The maximum Gasteiger partial charge on any atom is 0.340 e. The van der Waals surface area contributed by atoms with Crippen molar-refractivity contribution in [1.82, 2.24) is 14.5 Å². The fraction of sp³-hybridized carbons (Fsp3) is 0.600. The van der Waals surface area contributed by atoms with Gasteiger partial charge in [0.25, 0.3) is 10.0 Å². The van der Waals surface area contributed by atoms with Crippen LogP contribution in [0.2, 0.25) is 0 Å². The Morgan fingerprint density at radius 2 is 2.17 bits per heavy atom. The van der Waals surface area contributed by atoms with Gasteiger partial charge in [0.05, 0.1) is 6.20 Å². The molecule has 8 heteroatoms. The van der Waals surface area contributed by atoms with E-state index in [1.54, 1.807) is 13.8 Å². The summed E-state index contributed by atoms with van der Waals surface area (Å²) < 4.78 is 25.9. The molecule has 0 unspecified atom stereocenters. The Morgan fingerprint density at radius 1 is 1.56 bits per heavy atom. The lowest BCUT2D eigenvalue weighted by molar-refractivity contribution is 0.0692. The molecule has 1 heterocycles. The zero-order valence-electron chi connectivity index (χ0n) is 10.5. The first-order valence-electron chi connectivity index (χ1n) is 5.60. The Morgan fingerprint density at radius 3 is 2.61 bits per heavy atom. The molecule has 0 saturated carbocycles. The fourth-order valence-electron chi connectivity index (χ4n) is 1.62. The van der Waals surface area contributed by atoms with E-state index in [2.05, 4.69) is 10.2 Å². The largest absolute Gasteiger partial charge is 0.478 e. The molecule has 1 aromatic rings. The maximum atomic E-state index is 12.3. The van der Waals surface area contributed by atoms with E-state index >= 15 is 0 Å². The van der Waals surface area contributed by atoms with Crippen molar-refractivity contribution in [3.8, 4) is 0 Å². The predicted molar refractivity (Wildman–Crippen MR) is 64.9 cm³/mol. The maximum absolute atomic E-state index is 12.3. The Bertz CT molecular complexity index is 521. The van der Waals surface area contributed by atoms with Gasteiger partial charge in [-0.2, -0.15) is 9.40 Å². The monoisotopic (exact) mass is 275 g/mol. The molecule has 0 atom stereocenters. The van der Waals surface area contributed by atoms with Gasteiger partial charge in [-0.05, 0) is 20.3 Å². The van der Waals surface area contributed by atoms with Crippen LogP contribution in [-0.2, 0) is 10.0 Å². The zero-order chi connectivity index (χ0) is 13.9. The van der Waals surface area contributed by atoms with E-state index in [0.717, 1.165) is 6.20 Å². The lowest BCUT2D eigenvalue weighted by Gasteiger charge is -2.24. The number of nitrogens with zero attached hydrogens (tertiary/aromatic N) is 2. The number of H-pyrrole nitrogens is 1. The number of hydrogen-bond acceptors (Lipinski definition) is 4. The molecule has 18 heavy (non-hydrogen) atoms. The standard InChI is InChI=1S/C10H17N3O4S/c1-4-5-13(7(2)3)18(16,17)9-8(10(14)15)6-11-12-9/h6-7H,4-5H2,1-3H3,(H,11,12)(H,14,15). The van der Waals surface area contributed by atoms with Crippen molar-refractivity contribution in [2.45, 2.75) is 38.3 Å². The van der Waals surface area contributed by atoms with E-state index in [4.69, 9.17) is 5.11 Å². The van der Waals surface area contributed by atoms with Gasteiger partial charge >= 0.3 is 5.97 Å². The summed E-state index contributed by atoms with van der Waals surface area (Å²) in [6.45, 7) is 5.67. The Balaban J connectivity index is 3.27. The number of carboxylic acids is 1. The van der Waals surface area contributed by atoms with E-state index in [0.29, 0.717) is 13.0 Å². The summed E-state index contributed by atoms with van der Waals surface area (Å²) in [7, 11) is -3.86. The Kier molecular flexibility index (Phi) is 4.47. The van der Waals surface area contributed by atoms with Crippen molar-refractivity contribution in [1.29, 1.82) is 0 Å². The van der Waals surface area contributed by atoms with Crippen LogP contribution in [0.3, 0.4) is 0 Å². The average molecular weight is 275 g/mol. The van der Waals surface area contributed by atoms with Gasteiger partial charge < -0.3 is 5.11 Å². The third-order valence-electron chi connectivity index (χ3n) is 2.42. The van der Waals surface area contributed by atoms with Crippen LogP contribution >= 0.6 is 0 Å². The van der Waals surface area contributed by atoms with Crippen LogP contribution in [0.1, 0.15) is 37.6 Å². The quantitative estimate of drug-likeness (QED) is 0.803. The van der Waals surface area contributed by atoms with Crippen molar-refractivity contribution >= 4 is 16.0 Å². The van der Waals surface area contributed by atoms with Crippen LogP contribution in [0, 0.1) is 0 Å². The van der Waals surface area contributed by atoms with Crippen LogP contribution in [-0.4, -0.2) is 46.6 Å². The topological polar surface area (TPSA) is 103 Å². The number of hydrogen-bond donors (Lipinski definition) is 2. The van der Waals surface area contributed by atoms with Crippen molar-refractivity contribution in [2.24, 2.45) is 0 Å². The third-order valence-corrected chi connectivity index (χ3v) is 4.47. The molecule has 2 N–H and O–H groups in total. The molecule has 0 spiro atoms. The summed E-state index contributed by atoms with van der Waals surface area (Å²) in [6, 6.07) is -0.250. The van der Waals surface area contributed by atoms with E-state index in [1.165, 1.54) is 4.31 Å². The summed E-state index contributed by atoms with van der Waals surface area (Å²) in [5.74, 6) is -1.32. The van der Waals surface area contributed by atoms with Gasteiger partial charge in [-0.25, -0.2) is 13.2 Å². The number of nitrogens with one attached hydrogen (secondary N) is 1. The summed E-state index contributed by atoms with van der Waals surface area (Å²) in [6.07, 6.45) is 1.65. The van der Waals surface area contributed by atoms with Gasteiger partial charge in [-0.15, -0.1) is 0 Å². The number of rotatable bonds is 6. The predicted octanol–water partition coefficient (Wildman–Crippen LogP) is 0.917. The van der Waals surface area contributed by atoms with Crippen molar-refractivity contribution < 1.29 is 18.3 Å². The van der Waals surface area contributed by atoms with Crippen LogP contribution in [0.4, 0.5) is 0 Å². The molecule has 1 aromatic heterocycles. The van der Waals surface area contributed by atoms with E-state index in [-0.39, 0.29) is 16.6 Å². The van der Waals surface area contributed by atoms with Crippen LogP contribution in [0.15, 0.2) is 11.2 Å². The van der Waals surface area contributed by atoms with Gasteiger partial charge in [-0.1, -0.05) is 6.92 Å². The first-order valence-corrected chi connectivity index (χ1v) is 7.04. The van der Waals surface area contributed by atoms with Gasteiger partial charge in [0.1, 0.15) is 5.56 Å². The normalized spacial score (nSPS) is 12.3. The Labute approximate surface area is 106 Å². The van der Waals surface area contributed by atoms with Gasteiger partial charge in [0.15, 0.2) is 5.03 Å². The minimum absolute atomic E-state index is 0.250. The van der Waals surface area contributed by atoms with Crippen LogP contribution in [0.25, 0.3) is 0 Å². The van der Waals surface area contributed by atoms with Gasteiger partial charge in [0.2, 0.25) is 0 Å². The summed E-state index contributed by atoms with van der Waals surface area (Å²) in [5, 5.41) is 14.3. The molecule has 0 bridgehead atoms. The first-order chi connectivity index (χ1) is 8.32. The zero-order valence-corrected chi connectivity index (χ0v) is 11.4. The van der Waals surface area contributed by atoms with E-state index in [1.807, 2.05) is 6.92 Å². The highest BCUT2D eigenvalue weighted by Crippen LogP contribution is 2.20. The number of aromatic nitrogens is 2. The molecule has 0 aliphatic heterocycles. The fourth-order valence-corrected chi connectivity index (χ4v) is 3.42. The van der Waals surface area contributed by atoms with E-state index in [9.17, 15) is 13.2 Å². The van der Waals surface area contributed by atoms with Gasteiger partial charge in [-0.3, -0.25) is 5.10 Å². The highest BCUT2D eigenvalue weighted by molar-refractivity contribution is 7.89. The number of carbonyl (C=O) groups is 1. The minimum atomic E-state index is -3.86. The number of carboxylic acid groups (broad SMARTS) is 1. The number of sulfonamides is 1. The highest BCUT2D eigenvalue weighted by Gasteiger charge is 2.32. The molecule has 0 radical (unpaired) electrons. The molecule has 102 valence electrons. The summed E-state index contributed by atoms with van der Waals surface area (Å²) in [5.41, 5.74) is -0.336. The summed E-state index contributed by atoms with van der Waals surface area (Å²) >= 11 is 0. The number of aromatic amines is 1. The van der Waals surface area contributed by atoms with Crippen molar-refractivity contribution in [3.63, 3.8) is 0 Å². The molecular weight excluding hydrogens is 258 g/mol. The van der Waals surface area contributed by atoms with Crippen LogP contribution < -0.4 is 0 Å². The molecule has 0 aromatic carbocycles. The average Bonchev–Trinajstić information content (AvgIpc) is 2.74. The molecule has 0 aliphatic rings. The lowest BCUT2D eigenvalue weighted by atomic mass is 10.4. The van der Waals surface area contributed by atoms with E-state index < -0.39 is 16.0 Å². The minimum Gasteiger partial charge on any atom is -0.478 e. The second kappa shape index (κ2) is 5.49. The lowest BCUT2D eigenvalue weighted by Crippen LogP contribution is -2.38. The molecule has 0 fully saturated rings. The highest BCUT2D eigenvalue weighted by atomic mass is 32.2. The van der Waals surface area contributed by atoms with Crippen molar-refractivity contribution in [2.75, 3.05) is 6.54 Å². The molecule has 1 rings (SSSR count). The first kappa shape index (κ1) is 14.7. The second-order valence-corrected chi connectivity index (χ2v) is 5.95. The smallest absolute Gasteiger partial charge is 0.340 e. The third kappa shape index (κ3) is 2.70. The van der Waals surface area contributed by atoms with Crippen LogP contribution in [0.5, 0.6) is 0 Å². The molecule has 0 amide bonds. The van der Waals surface area contributed by atoms with Crippen molar-refractivity contribution in [3.05, 3.63) is 11.8 Å². The molecule has 7 nitrogen and oxygen atoms in total. The summed E-state index contributed by atoms with van der Waals surface area (Å²) in [4.78, 5) is 10.9. The Hall–Kier alpha value is -1.41. The molecular formula is C10H17N3O4S. The SMILES string of the molecule is CCCN(C(C)C)S(=O)(=O)c1[nH]ncc1C(=O)O. The molecule has 0 aliphatic carbocycles. The second-order valence-electron chi connectivity index (χ2n) is 4.13. The number of aromatic carboxylic acids is 1.